The minimum absolute atomic E-state index is 1.01. The predicted molar refractivity (Wildman–Crippen MR) is 59.4 cm³/mol. The number of thiophene rings is 1. The Hall–Kier alpha value is -1.09. The lowest BCUT2D eigenvalue weighted by atomic mass is 9.94. The molecular formula is C11H13N2S+. The highest BCUT2D eigenvalue weighted by Crippen LogP contribution is 2.30. The summed E-state index contributed by atoms with van der Waals surface area (Å²) in [5.74, 6) is 0. The molecule has 0 saturated heterocycles. The number of hydrogen-bond donors (Lipinski definition) is 1. The molecule has 1 aliphatic rings. The number of nitrogens with one attached hydrogen (secondary N) is 1. The van der Waals surface area contributed by atoms with Crippen LogP contribution in [0, 0.1) is 0 Å². The number of aromatic amines is 1. The first-order valence-corrected chi connectivity index (χ1v) is 5.94. The van der Waals surface area contributed by atoms with Gasteiger partial charge in [0.1, 0.15) is 0 Å². The van der Waals surface area contributed by atoms with Gasteiger partial charge in [-0.2, -0.15) is 4.98 Å². The van der Waals surface area contributed by atoms with Gasteiger partial charge in [0, 0.05) is 12.0 Å². The van der Waals surface area contributed by atoms with Crippen LogP contribution in [0.2, 0.25) is 0 Å². The first-order valence-electron chi connectivity index (χ1n) is 5.06. The van der Waals surface area contributed by atoms with Crippen molar-refractivity contribution in [1.82, 2.24) is 0 Å². The molecule has 0 amide bonds. The quantitative estimate of drug-likeness (QED) is 0.703. The fourth-order valence-electron chi connectivity index (χ4n) is 2.26. The van der Waals surface area contributed by atoms with E-state index in [9.17, 15) is 0 Å². The minimum Gasteiger partial charge on any atom is -0.398 e. The van der Waals surface area contributed by atoms with E-state index in [1.807, 2.05) is 0 Å². The molecule has 2 nitrogen and oxygen atoms in total. The average molecular weight is 205 g/mol. The van der Waals surface area contributed by atoms with Crippen molar-refractivity contribution in [3.63, 3.8) is 0 Å². The Bertz CT molecular complexity index is 487. The van der Waals surface area contributed by atoms with Gasteiger partial charge in [-0.05, 0) is 30.7 Å². The molecule has 3 N–H and O–H groups in total. The molecule has 0 unspecified atom stereocenters. The molecule has 2 aromatic rings. The largest absolute Gasteiger partial charge is 0.398 e. The molecule has 14 heavy (non-hydrogen) atoms. The number of H-pyrrole nitrogens is 1. The Labute approximate surface area is 86.8 Å². The number of pyridine rings is 1. The van der Waals surface area contributed by atoms with Crippen LogP contribution >= 0.6 is 11.3 Å². The Balaban J connectivity index is 2.36. The molecule has 3 heteroatoms. The number of fused-ring (bicyclic) bond motifs is 2. The van der Waals surface area contributed by atoms with Crippen LogP contribution < -0.4 is 10.7 Å². The first kappa shape index (κ1) is 8.24. The maximum Gasteiger partial charge on any atom is 0.269 e. The maximum absolute atomic E-state index is 6.17. The van der Waals surface area contributed by atoms with Crippen molar-refractivity contribution in [3.05, 3.63) is 22.7 Å². The lowest BCUT2D eigenvalue weighted by Gasteiger charge is -2.12. The van der Waals surface area contributed by atoms with E-state index >= 15 is 0 Å². The molecule has 0 aliphatic heterocycles. The molecular weight excluding hydrogens is 192 g/mol. The number of anilines is 1. The highest BCUT2D eigenvalue weighted by Gasteiger charge is 2.21. The maximum atomic E-state index is 6.17. The second-order valence-electron chi connectivity index (χ2n) is 3.87. The zero-order chi connectivity index (χ0) is 9.54. The van der Waals surface area contributed by atoms with Crippen molar-refractivity contribution in [1.29, 1.82) is 0 Å². The van der Waals surface area contributed by atoms with Gasteiger partial charge in [0.15, 0.2) is 5.69 Å². The van der Waals surface area contributed by atoms with Gasteiger partial charge in [-0.15, -0.1) is 0 Å². The molecule has 0 spiro atoms. The molecule has 0 aromatic carbocycles. The number of aryl methyl sites for hydroxylation is 1. The summed E-state index contributed by atoms with van der Waals surface area (Å²) < 4.78 is 0. The van der Waals surface area contributed by atoms with Gasteiger partial charge in [-0.3, -0.25) is 0 Å². The topological polar surface area (TPSA) is 40.2 Å². The summed E-state index contributed by atoms with van der Waals surface area (Å²) in [5.41, 5.74) is 9.91. The Morgan fingerprint density at radius 3 is 3.07 bits per heavy atom. The lowest BCUT2D eigenvalue weighted by molar-refractivity contribution is -0.356. The zero-order valence-corrected chi connectivity index (χ0v) is 8.79. The van der Waals surface area contributed by atoms with Crippen LogP contribution in [-0.2, 0) is 12.8 Å². The van der Waals surface area contributed by atoms with Crippen molar-refractivity contribution in [2.24, 2.45) is 0 Å². The van der Waals surface area contributed by atoms with E-state index in [1.165, 1.54) is 34.3 Å². The summed E-state index contributed by atoms with van der Waals surface area (Å²) in [6, 6.07) is 2.11. The predicted octanol–water partition coefficient (Wildman–Crippen LogP) is 2.18. The van der Waals surface area contributed by atoms with Crippen LogP contribution in [0.25, 0.3) is 10.2 Å². The van der Waals surface area contributed by atoms with E-state index in [0.717, 1.165) is 18.5 Å². The number of hydrogen-bond acceptors (Lipinski definition) is 2. The first-order chi connectivity index (χ1) is 6.86. The van der Waals surface area contributed by atoms with Gasteiger partial charge in [0.05, 0.1) is 11.1 Å². The standard InChI is InChI=1S/C11H12N2S/c12-10-7-3-1-2-4-9(7)13-11-8(10)5-6-14-11/h5-6H,1-4H2,(H2,12,13)/p+1. The molecule has 0 atom stereocenters. The van der Waals surface area contributed by atoms with E-state index in [0.29, 0.717) is 0 Å². The monoisotopic (exact) mass is 205 g/mol. The van der Waals surface area contributed by atoms with E-state index < -0.39 is 0 Å². The highest BCUT2D eigenvalue weighted by molar-refractivity contribution is 7.16. The summed E-state index contributed by atoms with van der Waals surface area (Å²) in [6.07, 6.45) is 4.87. The third-order valence-corrected chi connectivity index (χ3v) is 3.84. The molecule has 0 saturated carbocycles. The second kappa shape index (κ2) is 2.95. The van der Waals surface area contributed by atoms with Gasteiger partial charge >= 0.3 is 0 Å². The summed E-state index contributed by atoms with van der Waals surface area (Å²) in [7, 11) is 0. The van der Waals surface area contributed by atoms with Crippen molar-refractivity contribution in [2.45, 2.75) is 25.7 Å². The van der Waals surface area contributed by atoms with Gasteiger partial charge in [0.25, 0.3) is 4.83 Å². The van der Waals surface area contributed by atoms with Crippen LogP contribution in [0.4, 0.5) is 5.69 Å². The van der Waals surface area contributed by atoms with Gasteiger partial charge < -0.3 is 5.73 Å². The third-order valence-electron chi connectivity index (χ3n) is 3.01. The molecule has 0 fully saturated rings. The molecule has 72 valence electrons. The Morgan fingerprint density at radius 2 is 2.14 bits per heavy atom. The normalized spacial score (nSPS) is 15.7. The molecule has 0 radical (unpaired) electrons. The third kappa shape index (κ3) is 1.05. The Kier molecular flexibility index (Phi) is 1.74. The van der Waals surface area contributed by atoms with Crippen LogP contribution in [-0.4, -0.2) is 0 Å². The van der Waals surface area contributed by atoms with Crippen molar-refractivity contribution < 1.29 is 4.98 Å². The second-order valence-corrected chi connectivity index (χ2v) is 4.78. The number of rotatable bonds is 0. The van der Waals surface area contributed by atoms with Crippen molar-refractivity contribution >= 4 is 27.2 Å². The SMILES string of the molecule is Nc1c2c([nH+]c3sccc13)CCCC2. The lowest BCUT2D eigenvalue weighted by Crippen LogP contribution is -2.19. The fourth-order valence-corrected chi connectivity index (χ4v) is 3.09. The summed E-state index contributed by atoms with van der Waals surface area (Å²) in [6.45, 7) is 0. The summed E-state index contributed by atoms with van der Waals surface area (Å²) >= 11 is 1.74. The van der Waals surface area contributed by atoms with Gasteiger partial charge in [-0.1, -0.05) is 11.3 Å². The van der Waals surface area contributed by atoms with Crippen LogP contribution in [0.5, 0.6) is 0 Å². The average Bonchev–Trinajstić information content (AvgIpc) is 2.66. The Morgan fingerprint density at radius 1 is 1.29 bits per heavy atom. The summed E-state index contributed by atoms with van der Waals surface area (Å²) in [5, 5.41) is 3.30. The van der Waals surface area contributed by atoms with Crippen LogP contribution in [0.15, 0.2) is 11.4 Å². The van der Waals surface area contributed by atoms with Gasteiger partial charge in [0.2, 0.25) is 0 Å². The summed E-state index contributed by atoms with van der Waals surface area (Å²) in [4.78, 5) is 4.73. The van der Waals surface area contributed by atoms with Crippen LogP contribution in [0.1, 0.15) is 24.1 Å². The van der Waals surface area contributed by atoms with Crippen LogP contribution in [0.3, 0.4) is 0 Å². The molecule has 0 bridgehead atoms. The van der Waals surface area contributed by atoms with Crippen molar-refractivity contribution in [3.8, 4) is 0 Å². The number of nitrogen functional groups attached to an aromatic ring is 1. The zero-order valence-electron chi connectivity index (χ0n) is 7.97. The van der Waals surface area contributed by atoms with E-state index in [2.05, 4.69) is 16.4 Å². The number of nitrogens with two attached hydrogens (primary N) is 1. The fraction of sp³-hybridized carbons (Fsp3) is 0.364. The van der Waals surface area contributed by atoms with Crippen molar-refractivity contribution in [2.75, 3.05) is 5.73 Å². The molecule has 3 rings (SSSR count). The van der Waals surface area contributed by atoms with E-state index in [1.54, 1.807) is 11.3 Å². The van der Waals surface area contributed by atoms with E-state index in [4.69, 9.17) is 5.73 Å². The highest BCUT2D eigenvalue weighted by atomic mass is 32.1. The van der Waals surface area contributed by atoms with Gasteiger partial charge in [-0.25, -0.2) is 0 Å². The molecule has 1 aliphatic carbocycles. The smallest absolute Gasteiger partial charge is 0.269 e. The minimum atomic E-state index is 1.01. The van der Waals surface area contributed by atoms with E-state index in [-0.39, 0.29) is 0 Å². The number of aromatic nitrogens is 1. The molecule has 2 heterocycles. The molecule has 2 aromatic heterocycles.